The summed E-state index contributed by atoms with van der Waals surface area (Å²) in [4.78, 5) is 25.0. The zero-order chi connectivity index (χ0) is 18.6. The Kier molecular flexibility index (Phi) is 8.36. The molecule has 0 aliphatic heterocycles. The second-order valence-electron chi connectivity index (χ2n) is 6.18. The van der Waals surface area contributed by atoms with E-state index in [2.05, 4.69) is 17.4 Å². The number of rotatable bonds is 11. The minimum atomic E-state index is -0.892. The number of amides is 1. The van der Waals surface area contributed by atoms with Crippen LogP contribution < -0.4 is 5.32 Å². The normalized spacial score (nSPS) is 10.5. The van der Waals surface area contributed by atoms with E-state index in [1.807, 2.05) is 48.5 Å². The van der Waals surface area contributed by atoms with Crippen LogP contribution in [-0.2, 0) is 22.6 Å². The van der Waals surface area contributed by atoms with E-state index in [4.69, 9.17) is 5.11 Å². The summed E-state index contributed by atoms with van der Waals surface area (Å²) in [6.07, 6.45) is 1.24. The highest BCUT2D eigenvalue weighted by Gasteiger charge is 2.15. The van der Waals surface area contributed by atoms with Crippen LogP contribution >= 0.6 is 0 Å². The van der Waals surface area contributed by atoms with Crippen molar-refractivity contribution in [2.45, 2.75) is 25.8 Å². The highest BCUT2D eigenvalue weighted by molar-refractivity contribution is 5.77. The summed E-state index contributed by atoms with van der Waals surface area (Å²) in [6, 6.07) is 19.8. The first-order valence-electron chi connectivity index (χ1n) is 8.93. The lowest BCUT2D eigenvalue weighted by Crippen LogP contribution is -2.34. The maximum absolute atomic E-state index is 12.5. The zero-order valence-corrected chi connectivity index (χ0v) is 14.9. The average molecular weight is 354 g/mol. The predicted octanol–water partition coefficient (Wildman–Crippen LogP) is 2.71. The van der Waals surface area contributed by atoms with Crippen molar-refractivity contribution in [1.82, 2.24) is 10.2 Å². The van der Waals surface area contributed by atoms with E-state index < -0.39 is 5.97 Å². The van der Waals surface area contributed by atoms with Crippen molar-refractivity contribution in [2.75, 3.05) is 19.6 Å². The monoisotopic (exact) mass is 354 g/mol. The van der Waals surface area contributed by atoms with Crippen molar-refractivity contribution in [2.24, 2.45) is 0 Å². The minimum absolute atomic E-state index is 0.0256. The topological polar surface area (TPSA) is 69.6 Å². The molecular formula is C21H26N2O3. The number of nitrogens with zero attached hydrogens (tertiary/aromatic N) is 1. The number of carbonyl (C=O) groups excluding carboxylic acids is 1. The molecule has 0 aliphatic rings. The van der Waals surface area contributed by atoms with Gasteiger partial charge in [-0.15, -0.1) is 0 Å². The summed E-state index contributed by atoms with van der Waals surface area (Å²) in [5, 5.41) is 12.2. The molecule has 0 fully saturated rings. The van der Waals surface area contributed by atoms with Gasteiger partial charge in [0.2, 0.25) is 5.91 Å². The summed E-state index contributed by atoms with van der Waals surface area (Å²) >= 11 is 0. The fourth-order valence-electron chi connectivity index (χ4n) is 2.68. The Hall–Kier alpha value is -2.66. The van der Waals surface area contributed by atoms with E-state index in [1.54, 1.807) is 4.90 Å². The third kappa shape index (κ3) is 7.49. The Morgan fingerprint density at radius 3 is 2.08 bits per heavy atom. The Morgan fingerprint density at radius 2 is 1.46 bits per heavy atom. The molecule has 26 heavy (non-hydrogen) atoms. The van der Waals surface area contributed by atoms with E-state index >= 15 is 0 Å². The van der Waals surface area contributed by atoms with Gasteiger partial charge in [0, 0.05) is 26.1 Å². The summed E-state index contributed by atoms with van der Waals surface area (Å²) in [5.74, 6) is -0.917. The van der Waals surface area contributed by atoms with Crippen LogP contribution in [0.15, 0.2) is 60.7 Å². The van der Waals surface area contributed by atoms with Gasteiger partial charge in [-0.1, -0.05) is 60.7 Å². The molecule has 5 heteroatoms. The fourth-order valence-corrected chi connectivity index (χ4v) is 2.68. The van der Waals surface area contributed by atoms with Crippen molar-refractivity contribution in [1.29, 1.82) is 0 Å². The van der Waals surface area contributed by atoms with Crippen molar-refractivity contribution in [3.8, 4) is 0 Å². The summed E-state index contributed by atoms with van der Waals surface area (Å²) in [5.41, 5.74) is 2.27. The van der Waals surface area contributed by atoms with E-state index in [9.17, 15) is 9.59 Å². The van der Waals surface area contributed by atoms with E-state index in [1.165, 1.54) is 5.56 Å². The van der Waals surface area contributed by atoms with E-state index in [-0.39, 0.29) is 18.9 Å². The molecule has 2 aromatic carbocycles. The summed E-state index contributed by atoms with van der Waals surface area (Å²) in [7, 11) is 0. The molecule has 0 atom stereocenters. The Morgan fingerprint density at radius 1 is 0.846 bits per heavy atom. The lowest BCUT2D eigenvalue weighted by atomic mass is 10.1. The molecule has 2 rings (SSSR count). The first kappa shape index (κ1) is 19.7. The fraction of sp³-hybridized carbons (Fsp3) is 0.333. The molecule has 1 amide bonds. The molecule has 0 aliphatic carbocycles. The number of carboxylic acids is 1. The van der Waals surface area contributed by atoms with Crippen molar-refractivity contribution < 1.29 is 14.7 Å². The van der Waals surface area contributed by atoms with Crippen LogP contribution in [0.25, 0.3) is 0 Å². The van der Waals surface area contributed by atoms with Crippen molar-refractivity contribution >= 4 is 11.9 Å². The molecule has 0 radical (unpaired) electrons. The Balaban J connectivity index is 1.76. The second-order valence-corrected chi connectivity index (χ2v) is 6.18. The third-order valence-corrected chi connectivity index (χ3v) is 4.11. The largest absolute Gasteiger partial charge is 0.481 e. The van der Waals surface area contributed by atoms with Gasteiger partial charge in [-0.05, 0) is 24.1 Å². The van der Waals surface area contributed by atoms with Crippen LogP contribution in [0.1, 0.15) is 24.0 Å². The number of aliphatic carboxylic acids is 1. The number of benzene rings is 2. The maximum atomic E-state index is 12.5. The van der Waals surface area contributed by atoms with E-state index in [0.29, 0.717) is 19.5 Å². The maximum Gasteiger partial charge on any atom is 0.305 e. The Labute approximate surface area is 154 Å². The molecule has 0 saturated heterocycles. The molecule has 0 spiro atoms. The molecule has 0 bridgehead atoms. The van der Waals surface area contributed by atoms with Crippen LogP contribution in [0.3, 0.4) is 0 Å². The third-order valence-electron chi connectivity index (χ3n) is 4.11. The van der Waals surface area contributed by atoms with Gasteiger partial charge in [0.1, 0.15) is 0 Å². The quantitative estimate of drug-likeness (QED) is 0.609. The number of carboxylic acid groups (broad SMARTS) is 1. The van der Waals surface area contributed by atoms with Crippen LogP contribution in [0.2, 0.25) is 0 Å². The number of hydrogen-bond acceptors (Lipinski definition) is 3. The standard InChI is InChI=1S/C21H26N2O3/c24-20(12-15-22-14-11-18-7-3-1-4-8-18)23(16-13-21(25)26)17-19-9-5-2-6-10-19/h1-10,22H,11-17H2,(H,25,26). The highest BCUT2D eigenvalue weighted by atomic mass is 16.4. The molecule has 2 aromatic rings. The zero-order valence-electron chi connectivity index (χ0n) is 14.9. The van der Waals surface area contributed by atoms with Gasteiger partial charge in [-0.25, -0.2) is 0 Å². The smallest absolute Gasteiger partial charge is 0.305 e. The Bertz CT molecular complexity index is 674. The minimum Gasteiger partial charge on any atom is -0.481 e. The molecular weight excluding hydrogens is 328 g/mol. The SMILES string of the molecule is O=C(O)CCN(Cc1ccccc1)C(=O)CCNCCc1ccccc1. The number of nitrogens with one attached hydrogen (secondary N) is 1. The van der Waals surface area contributed by atoms with Crippen LogP contribution in [0.5, 0.6) is 0 Å². The highest BCUT2D eigenvalue weighted by Crippen LogP contribution is 2.07. The van der Waals surface area contributed by atoms with Gasteiger partial charge in [0.05, 0.1) is 6.42 Å². The van der Waals surface area contributed by atoms with Gasteiger partial charge < -0.3 is 15.3 Å². The van der Waals surface area contributed by atoms with Gasteiger partial charge in [-0.3, -0.25) is 9.59 Å². The predicted molar refractivity (Wildman–Crippen MR) is 102 cm³/mol. The summed E-state index contributed by atoms with van der Waals surface area (Å²) < 4.78 is 0. The summed E-state index contributed by atoms with van der Waals surface area (Å²) in [6.45, 7) is 2.07. The molecule has 138 valence electrons. The lowest BCUT2D eigenvalue weighted by molar-refractivity contribution is -0.138. The van der Waals surface area contributed by atoms with Gasteiger partial charge in [0.15, 0.2) is 0 Å². The number of hydrogen-bond donors (Lipinski definition) is 2. The molecule has 0 unspecified atom stereocenters. The van der Waals surface area contributed by atoms with Crippen LogP contribution in [0, 0.1) is 0 Å². The molecule has 0 saturated carbocycles. The van der Waals surface area contributed by atoms with E-state index in [0.717, 1.165) is 18.5 Å². The van der Waals surface area contributed by atoms with Gasteiger partial charge in [0.25, 0.3) is 0 Å². The van der Waals surface area contributed by atoms with Gasteiger partial charge >= 0.3 is 5.97 Å². The van der Waals surface area contributed by atoms with Crippen molar-refractivity contribution in [3.63, 3.8) is 0 Å². The van der Waals surface area contributed by atoms with Gasteiger partial charge in [-0.2, -0.15) is 0 Å². The van der Waals surface area contributed by atoms with Crippen molar-refractivity contribution in [3.05, 3.63) is 71.8 Å². The average Bonchev–Trinajstić information content (AvgIpc) is 2.66. The molecule has 5 nitrogen and oxygen atoms in total. The first-order valence-corrected chi connectivity index (χ1v) is 8.93. The van der Waals surface area contributed by atoms with Crippen LogP contribution in [-0.4, -0.2) is 41.5 Å². The van der Waals surface area contributed by atoms with Crippen LogP contribution in [0.4, 0.5) is 0 Å². The molecule has 0 heterocycles. The molecule has 0 aromatic heterocycles. The second kappa shape index (κ2) is 11.1. The number of carbonyl (C=O) groups is 2. The first-order chi connectivity index (χ1) is 12.6. The molecule has 2 N–H and O–H groups in total. The lowest BCUT2D eigenvalue weighted by Gasteiger charge is -2.22.